The molecule has 4 nitrogen and oxygen atoms in total. The number of hydrogen-bond donors (Lipinski definition) is 0. The summed E-state index contributed by atoms with van der Waals surface area (Å²) in [4.78, 5) is 6.03. The van der Waals surface area contributed by atoms with Crippen LogP contribution in [0.4, 0.5) is 19.0 Å². The van der Waals surface area contributed by atoms with Crippen molar-refractivity contribution < 1.29 is 13.2 Å². The Hall–Kier alpha value is -2.31. The molecule has 1 aliphatic heterocycles. The lowest BCUT2D eigenvalue weighted by Crippen LogP contribution is -2.30. The monoisotopic (exact) mass is 322 g/mol. The summed E-state index contributed by atoms with van der Waals surface area (Å²) in [7, 11) is 1.89. The van der Waals surface area contributed by atoms with Gasteiger partial charge in [0.1, 0.15) is 5.82 Å². The van der Waals surface area contributed by atoms with E-state index in [0.29, 0.717) is 17.9 Å². The fourth-order valence-corrected chi connectivity index (χ4v) is 2.84. The van der Waals surface area contributed by atoms with Gasteiger partial charge in [-0.25, -0.2) is 4.98 Å². The largest absolute Gasteiger partial charge is 0.417 e. The topological polar surface area (TPSA) is 34.0 Å². The van der Waals surface area contributed by atoms with Crippen LogP contribution in [-0.2, 0) is 13.2 Å². The molecule has 0 radical (unpaired) electrons. The molecule has 0 spiro atoms. The SMILES string of the molecule is Cc1cc(C(F)(F)F)cnc1N1CC=C(c2ccnn2C)CC1. The fourth-order valence-electron chi connectivity index (χ4n) is 2.84. The number of hydrogen-bond acceptors (Lipinski definition) is 3. The number of anilines is 1. The van der Waals surface area contributed by atoms with Gasteiger partial charge in [0.25, 0.3) is 0 Å². The molecule has 0 N–H and O–H groups in total. The van der Waals surface area contributed by atoms with E-state index in [4.69, 9.17) is 0 Å². The zero-order chi connectivity index (χ0) is 16.6. The maximum Gasteiger partial charge on any atom is 0.417 e. The Bertz CT molecular complexity index is 746. The van der Waals surface area contributed by atoms with Gasteiger partial charge < -0.3 is 4.90 Å². The molecule has 0 fully saturated rings. The number of pyridine rings is 1. The van der Waals surface area contributed by atoms with E-state index in [1.165, 1.54) is 5.57 Å². The van der Waals surface area contributed by atoms with Crippen LogP contribution in [0.2, 0.25) is 0 Å². The molecule has 23 heavy (non-hydrogen) atoms. The molecule has 122 valence electrons. The molecular formula is C16H17F3N4. The van der Waals surface area contributed by atoms with Crippen LogP contribution in [0.15, 0.2) is 30.6 Å². The van der Waals surface area contributed by atoms with E-state index in [1.54, 1.807) is 13.1 Å². The molecule has 0 atom stereocenters. The summed E-state index contributed by atoms with van der Waals surface area (Å²) in [6.07, 6.45) is 1.19. The molecule has 2 aromatic rings. The highest BCUT2D eigenvalue weighted by atomic mass is 19.4. The lowest BCUT2D eigenvalue weighted by Gasteiger charge is -2.29. The van der Waals surface area contributed by atoms with Gasteiger partial charge >= 0.3 is 6.18 Å². The van der Waals surface area contributed by atoms with Crippen LogP contribution >= 0.6 is 0 Å². The van der Waals surface area contributed by atoms with Crippen molar-refractivity contribution in [2.45, 2.75) is 19.5 Å². The van der Waals surface area contributed by atoms with Gasteiger partial charge in [0.2, 0.25) is 0 Å². The van der Waals surface area contributed by atoms with Crippen molar-refractivity contribution >= 4 is 11.4 Å². The second-order valence-corrected chi connectivity index (χ2v) is 5.63. The minimum Gasteiger partial charge on any atom is -0.352 e. The lowest BCUT2D eigenvalue weighted by molar-refractivity contribution is -0.137. The van der Waals surface area contributed by atoms with Crippen molar-refractivity contribution in [2.24, 2.45) is 7.05 Å². The molecule has 0 aromatic carbocycles. The van der Waals surface area contributed by atoms with Gasteiger partial charge in [0.15, 0.2) is 0 Å². The van der Waals surface area contributed by atoms with E-state index >= 15 is 0 Å². The summed E-state index contributed by atoms with van der Waals surface area (Å²) in [5.74, 6) is 0.610. The smallest absolute Gasteiger partial charge is 0.352 e. The first-order valence-corrected chi connectivity index (χ1v) is 7.32. The quantitative estimate of drug-likeness (QED) is 0.849. The Balaban J connectivity index is 1.80. The van der Waals surface area contributed by atoms with Gasteiger partial charge in [-0.3, -0.25) is 4.68 Å². The van der Waals surface area contributed by atoms with Crippen molar-refractivity contribution in [3.8, 4) is 0 Å². The van der Waals surface area contributed by atoms with E-state index in [0.717, 1.165) is 30.9 Å². The Morgan fingerprint density at radius 2 is 2.04 bits per heavy atom. The Labute approximate surface area is 132 Å². The van der Waals surface area contributed by atoms with Crippen LogP contribution in [-0.4, -0.2) is 27.9 Å². The second kappa shape index (κ2) is 5.72. The van der Waals surface area contributed by atoms with E-state index < -0.39 is 11.7 Å². The molecule has 0 amide bonds. The van der Waals surface area contributed by atoms with Crippen molar-refractivity contribution in [2.75, 3.05) is 18.0 Å². The van der Waals surface area contributed by atoms with Crippen LogP contribution in [0, 0.1) is 6.92 Å². The molecule has 1 aliphatic rings. The Morgan fingerprint density at radius 1 is 1.26 bits per heavy atom. The number of aryl methyl sites for hydroxylation is 2. The van der Waals surface area contributed by atoms with Gasteiger partial charge in [-0.1, -0.05) is 6.08 Å². The van der Waals surface area contributed by atoms with Gasteiger partial charge in [-0.15, -0.1) is 0 Å². The van der Waals surface area contributed by atoms with E-state index in [2.05, 4.69) is 16.2 Å². The highest BCUT2D eigenvalue weighted by molar-refractivity contribution is 5.66. The standard InChI is InChI=1S/C16H17F3N4/c1-11-9-13(16(17,18)19)10-20-15(11)23-7-4-12(5-8-23)14-3-6-21-22(14)2/h3-4,6,9-10H,5,7-8H2,1-2H3. The third-order valence-corrected chi connectivity index (χ3v) is 4.04. The number of rotatable bonds is 2. The summed E-state index contributed by atoms with van der Waals surface area (Å²) < 4.78 is 40.0. The summed E-state index contributed by atoms with van der Waals surface area (Å²) >= 11 is 0. The lowest BCUT2D eigenvalue weighted by atomic mass is 10.0. The fraction of sp³-hybridized carbons (Fsp3) is 0.375. The van der Waals surface area contributed by atoms with Crippen LogP contribution in [0.1, 0.15) is 23.2 Å². The predicted molar refractivity (Wildman–Crippen MR) is 82.0 cm³/mol. The van der Waals surface area contributed by atoms with Crippen molar-refractivity contribution in [3.63, 3.8) is 0 Å². The summed E-state index contributed by atoms with van der Waals surface area (Å²) in [5, 5.41) is 4.16. The van der Waals surface area contributed by atoms with Crippen molar-refractivity contribution in [1.29, 1.82) is 0 Å². The number of halogens is 3. The highest BCUT2D eigenvalue weighted by Crippen LogP contribution is 2.32. The average Bonchev–Trinajstić information content (AvgIpc) is 2.93. The number of alkyl halides is 3. The third kappa shape index (κ3) is 3.09. The molecular weight excluding hydrogens is 305 g/mol. The minimum atomic E-state index is -4.36. The molecule has 0 unspecified atom stereocenters. The number of aromatic nitrogens is 3. The summed E-state index contributed by atoms with van der Waals surface area (Å²) in [5.41, 5.74) is 2.10. The van der Waals surface area contributed by atoms with Gasteiger partial charge in [-0.2, -0.15) is 18.3 Å². The second-order valence-electron chi connectivity index (χ2n) is 5.63. The Morgan fingerprint density at radius 3 is 2.57 bits per heavy atom. The average molecular weight is 322 g/mol. The zero-order valence-electron chi connectivity index (χ0n) is 12.9. The maximum absolute atomic E-state index is 12.7. The molecule has 3 heterocycles. The molecule has 0 saturated heterocycles. The molecule has 0 bridgehead atoms. The van der Waals surface area contributed by atoms with Crippen LogP contribution in [0.5, 0.6) is 0 Å². The summed E-state index contributed by atoms with van der Waals surface area (Å²) in [6, 6.07) is 3.12. The molecule has 7 heteroatoms. The first kappa shape index (κ1) is 15.6. The van der Waals surface area contributed by atoms with Crippen molar-refractivity contribution in [1.82, 2.24) is 14.8 Å². The van der Waals surface area contributed by atoms with Crippen LogP contribution in [0.25, 0.3) is 5.57 Å². The van der Waals surface area contributed by atoms with Crippen LogP contribution < -0.4 is 4.90 Å². The normalized spacial score (nSPS) is 15.7. The number of nitrogens with zero attached hydrogens (tertiary/aromatic N) is 4. The summed E-state index contributed by atoms with van der Waals surface area (Å²) in [6.45, 7) is 3.01. The predicted octanol–water partition coefficient (Wildman–Crippen LogP) is 3.44. The first-order chi connectivity index (χ1) is 10.9. The highest BCUT2D eigenvalue weighted by Gasteiger charge is 2.31. The van der Waals surface area contributed by atoms with E-state index in [-0.39, 0.29) is 0 Å². The van der Waals surface area contributed by atoms with E-state index in [1.807, 2.05) is 22.7 Å². The maximum atomic E-state index is 12.7. The van der Waals surface area contributed by atoms with Gasteiger partial charge in [0, 0.05) is 32.5 Å². The van der Waals surface area contributed by atoms with Crippen molar-refractivity contribution in [3.05, 3.63) is 47.4 Å². The Kier molecular flexibility index (Phi) is 3.87. The van der Waals surface area contributed by atoms with Gasteiger partial charge in [0.05, 0.1) is 11.3 Å². The zero-order valence-corrected chi connectivity index (χ0v) is 12.9. The molecule has 3 rings (SSSR count). The molecule has 2 aromatic heterocycles. The van der Waals surface area contributed by atoms with Gasteiger partial charge in [-0.05, 0) is 36.6 Å². The third-order valence-electron chi connectivity index (χ3n) is 4.04. The molecule has 0 saturated carbocycles. The minimum absolute atomic E-state index is 0.539. The first-order valence-electron chi connectivity index (χ1n) is 7.32. The molecule has 0 aliphatic carbocycles. The van der Waals surface area contributed by atoms with E-state index in [9.17, 15) is 13.2 Å². The van der Waals surface area contributed by atoms with Crippen LogP contribution in [0.3, 0.4) is 0 Å².